The summed E-state index contributed by atoms with van der Waals surface area (Å²) < 4.78 is 14.5. The summed E-state index contributed by atoms with van der Waals surface area (Å²) in [5.74, 6) is 0. The molecule has 0 aliphatic heterocycles. The highest BCUT2D eigenvalue weighted by Crippen LogP contribution is 2.11. The van der Waals surface area contributed by atoms with Crippen molar-refractivity contribution in [2.75, 3.05) is 7.05 Å². The van der Waals surface area contributed by atoms with Crippen LogP contribution < -0.4 is 0 Å². The monoisotopic (exact) mass is 212 g/mol. The van der Waals surface area contributed by atoms with Crippen LogP contribution in [0.15, 0.2) is 28.6 Å². The molecule has 0 atom stereocenters. The largest absolute Gasteiger partial charge is 0.270 e. The van der Waals surface area contributed by atoms with Crippen LogP contribution in [0.3, 0.4) is 0 Å². The molecular weight excluding hydrogens is 204 g/mol. The molecule has 0 saturated carbocycles. The van der Waals surface area contributed by atoms with Crippen LogP contribution in [-0.4, -0.2) is 21.5 Å². The number of non-ortho nitro benzene ring substituents is 1. The Hall–Kier alpha value is -1.69. The number of nitro groups is 1. The molecule has 0 amide bonds. The Morgan fingerprint density at radius 2 is 2.29 bits per heavy atom. The highest BCUT2D eigenvalue weighted by Gasteiger charge is 2.03. The van der Waals surface area contributed by atoms with Crippen LogP contribution in [0.1, 0.15) is 5.56 Å². The van der Waals surface area contributed by atoms with Crippen molar-refractivity contribution in [3.63, 3.8) is 0 Å². The van der Waals surface area contributed by atoms with Gasteiger partial charge in [-0.3, -0.25) is 10.1 Å². The Bertz CT molecular complexity index is 493. The molecule has 0 aromatic heterocycles. The smallest absolute Gasteiger partial charge is 0.258 e. The molecule has 74 valence electrons. The zero-order chi connectivity index (χ0) is 10.6. The van der Waals surface area contributed by atoms with Gasteiger partial charge in [-0.1, -0.05) is 12.1 Å². The van der Waals surface area contributed by atoms with Crippen molar-refractivity contribution in [3.05, 3.63) is 39.9 Å². The lowest BCUT2D eigenvalue weighted by Gasteiger charge is -1.91. The van der Waals surface area contributed by atoms with Gasteiger partial charge in [-0.2, -0.15) is 0 Å². The minimum atomic E-state index is -1.42. The standard InChI is InChI=1S/C8H8N2O3S/c1-9-14(13)6-7-3-2-4-8(5-7)10(11)12/h2-6H,1H3. The van der Waals surface area contributed by atoms with E-state index in [0.29, 0.717) is 5.56 Å². The van der Waals surface area contributed by atoms with Crippen LogP contribution >= 0.6 is 0 Å². The van der Waals surface area contributed by atoms with Crippen molar-refractivity contribution in [1.82, 2.24) is 0 Å². The Morgan fingerprint density at radius 1 is 1.57 bits per heavy atom. The van der Waals surface area contributed by atoms with Gasteiger partial charge < -0.3 is 0 Å². The highest BCUT2D eigenvalue weighted by atomic mass is 32.2. The second kappa shape index (κ2) is 4.52. The molecule has 0 aliphatic carbocycles. The van der Waals surface area contributed by atoms with Gasteiger partial charge in [0, 0.05) is 24.5 Å². The Morgan fingerprint density at radius 3 is 2.86 bits per heavy atom. The first-order chi connectivity index (χ1) is 6.63. The maximum atomic E-state index is 11.0. The third-order valence-corrected chi connectivity index (χ3v) is 2.33. The second-order valence-electron chi connectivity index (χ2n) is 2.43. The highest BCUT2D eigenvalue weighted by molar-refractivity contribution is 7.74. The zero-order valence-electron chi connectivity index (χ0n) is 7.41. The lowest BCUT2D eigenvalue weighted by molar-refractivity contribution is -0.384. The van der Waals surface area contributed by atoms with Gasteiger partial charge in [-0.05, 0) is 5.56 Å². The van der Waals surface area contributed by atoms with Crippen LogP contribution in [0.25, 0.3) is 0 Å². The van der Waals surface area contributed by atoms with E-state index < -0.39 is 15.1 Å². The normalized spacial score (nSPS) is 9.21. The van der Waals surface area contributed by atoms with Gasteiger partial charge in [-0.25, -0.2) is 8.57 Å². The van der Waals surface area contributed by atoms with Gasteiger partial charge in [0.25, 0.3) is 5.69 Å². The van der Waals surface area contributed by atoms with Gasteiger partial charge in [0.15, 0.2) is 0 Å². The first-order valence-corrected chi connectivity index (χ1v) is 4.90. The minimum absolute atomic E-state index is 0.0214. The van der Waals surface area contributed by atoms with E-state index >= 15 is 0 Å². The number of hydrogen-bond donors (Lipinski definition) is 0. The molecule has 0 aliphatic rings. The molecule has 0 fully saturated rings. The molecule has 1 aromatic rings. The molecule has 0 N–H and O–H groups in total. The van der Waals surface area contributed by atoms with E-state index in [1.165, 1.54) is 30.6 Å². The number of hydrogen-bond acceptors (Lipinski definition) is 4. The molecule has 0 saturated heterocycles. The molecule has 1 rings (SSSR count). The zero-order valence-corrected chi connectivity index (χ0v) is 8.23. The van der Waals surface area contributed by atoms with Crippen LogP contribution in [0, 0.1) is 10.1 Å². The first-order valence-electron chi connectivity index (χ1n) is 3.73. The summed E-state index contributed by atoms with van der Waals surface area (Å²) in [4.78, 5) is 9.90. The number of rotatable bonds is 2. The average Bonchev–Trinajstić information content (AvgIpc) is 2.18. The molecule has 0 unspecified atom stereocenters. The van der Waals surface area contributed by atoms with E-state index in [1.54, 1.807) is 6.07 Å². The summed E-state index contributed by atoms with van der Waals surface area (Å²) in [7, 11) is -0.00146. The third kappa shape index (κ3) is 2.67. The third-order valence-electron chi connectivity index (χ3n) is 1.50. The van der Waals surface area contributed by atoms with E-state index in [4.69, 9.17) is 0 Å². The average molecular weight is 212 g/mol. The van der Waals surface area contributed by atoms with Crippen LogP contribution in [0.5, 0.6) is 0 Å². The maximum Gasteiger partial charge on any atom is 0.270 e. The Balaban J connectivity index is 3.20. The maximum absolute atomic E-state index is 11.0. The lowest BCUT2D eigenvalue weighted by Crippen LogP contribution is -1.89. The Labute approximate surface area is 82.3 Å². The van der Waals surface area contributed by atoms with E-state index in [1.807, 2.05) is 0 Å². The van der Waals surface area contributed by atoms with Crippen molar-refractivity contribution >= 4 is 21.2 Å². The van der Waals surface area contributed by atoms with E-state index in [-0.39, 0.29) is 5.69 Å². The molecule has 0 bridgehead atoms. The summed E-state index contributed by atoms with van der Waals surface area (Å²) >= 11 is 0. The fourth-order valence-electron chi connectivity index (χ4n) is 0.881. The van der Waals surface area contributed by atoms with Crippen molar-refractivity contribution < 1.29 is 9.13 Å². The van der Waals surface area contributed by atoms with Crippen LogP contribution in [0.4, 0.5) is 5.69 Å². The summed E-state index contributed by atoms with van der Waals surface area (Å²) in [6, 6.07) is 5.90. The fraction of sp³-hybridized carbons (Fsp3) is 0.125. The van der Waals surface area contributed by atoms with Crippen LogP contribution in [0.2, 0.25) is 0 Å². The van der Waals surface area contributed by atoms with Crippen molar-refractivity contribution in [1.29, 1.82) is 0 Å². The van der Waals surface area contributed by atoms with Crippen molar-refractivity contribution in [2.24, 2.45) is 4.36 Å². The summed E-state index contributed by atoms with van der Waals surface area (Å²) in [5.41, 5.74) is 0.509. The van der Waals surface area contributed by atoms with Crippen LogP contribution in [-0.2, 0) is 10.2 Å². The van der Waals surface area contributed by atoms with Gasteiger partial charge in [-0.15, -0.1) is 0 Å². The van der Waals surface area contributed by atoms with Gasteiger partial charge in [0.05, 0.1) is 15.1 Å². The SMILES string of the molecule is CN=S(=O)=Cc1cccc([N+](=O)[O-])c1. The molecule has 0 radical (unpaired) electrons. The van der Waals surface area contributed by atoms with E-state index in [2.05, 4.69) is 4.36 Å². The fourth-order valence-corrected chi connectivity index (χ4v) is 1.37. The number of nitro benzene ring substituents is 1. The van der Waals surface area contributed by atoms with E-state index in [0.717, 1.165) is 0 Å². The van der Waals surface area contributed by atoms with Crippen molar-refractivity contribution in [2.45, 2.75) is 0 Å². The van der Waals surface area contributed by atoms with E-state index in [9.17, 15) is 14.3 Å². The predicted octanol–water partition coefficient (Wildman–Crippen LogP) is 1.31. The molecule has 0 heterocycles. The minimum Gasteiger partial charge on any atom is -0.258 e. The van der Waals surface area contributed by atoms with Gasteiger partial charge in [0.2, 0.25) is 0 Å². The summed E-state index contributed by atoms with van der Waals surface area (Å²) in [6.07, 6.45) is 0. The second-order valence-corrected chi connectivity index (χ2v) is 3.58. The molecular formula is C8H8N2O3S. The molecule has 5 nitrogen and oxygen atoms in total. The van der Waals surface area contributed by atoms with Crippen molar-refractivity contribution in [3.8, 4) is 0 Å². The molecule has 14 heavy (non-hydrogen) atoms. The summed E-state index contributed by atoms with van der Waals surface area (Å²) in [5, 5.41) is 11.8. The quantitative estimate of drug-likeness (QED) is 0.421. The Kier molecular flexibility index (Phi) is 3.35. The number of nitrogens with zero attached hydrogens (tertiary/aromatic N) is 2. The molecule has 0 spiro atoms. The number of benzene rings is 1. The topological polar surface area (TPSA) is 72.6 Å². The predicted molar refractivity (Wildman–Crippen MR) is 54.8 cm³/mol. The van der Waals surface area contributed by atoms with Gasteiger partial charge in [0.1, 0.15) is 0 Å². The molecule has 1 aromatic carbocycles. The first kappa shape index (κ1) is 10.4. The summed E-state index contributed by atoms with van der Waals surface area (Å²) in [6.45, 7) is 0. The van der Waals surface area contributed by atoms with Gasteiger partial charge >= 0.3 is 0 Å². The lowest BCUT2D eigenvalue weighted by atomic mass is 10.2. The molecule has 6 heteroatoms.